The Bertz CT molecular complexity index is 462. The lowest BCUT2D eigenvalue weighted by atomic mass is 9.86. The normalized spacial score (nSPS) is 23.9. The molecule has 1 saturated carbocycles. The van der Waals surface area contributed by atoms with Gasteiger partial charge >= 0.3 is 12.0 Å². The second-order valence-corrected chi connectivity index (χ2v) is 5.11. The van der Waals surface area contributed by atoms with Gasteiger partial charge in [-0.3, -0.25) is 9.89 Å². The summed E-state index contributed by atoms with van der Waals surface area (Å²) in [4.78, 5) is 26.8. The minimum absolute atomic E-state index is 0.0909. The molecule has 0 saturated heterocycles. The smallest absolute Gasteiger partial charge is 0.315 e. The van der Waals surface area contributed by atoms with Crippen LogP contribution in [-0.2, 0) is 4.79 Å². The van der Waals surface area contributed by atoms with Crippen molar-refractivity contribution in [1.29, 1.82) is 0 Å². The first-order valence-electron chi connectivity index (χ1n) is 6.71. The number of nitrogens with one attached hydrogen (secondary N) is 3. The maximum absolute atomic E-state index is 11.9. The van der Waals surface area contributed by atoms with Crippen LogP contribution < -0.4 is 10.6 Å². The van der Waals surface area contributed by atoms with Gasteiger partial charge in [-0.15, -0.1) is 0 Å². The van der Waals surface area contributed by atoms with Crippen molar-refractivity contribution in [3.8, 4) is 0 Å². The molecule has 0 spiro atoms. The number of amides is 2. The second kappa shape index (κ2) is 6.36. The summed E-state index contributed by atoms with van der Waals surface area (Å²) in [6.45, 7) is 1.79. The van der Waals surface area contributed by atoms with Gasteiger partial charge < -0.3 is 15.7 Å². The van der Waals surface area contributed by atoms with Crippen molar-refractivity contribution >= 4 is 12.0 Å². The fourth-order valence-electron chi connectivity index (χ4n) is 2.46. The molecule has 20 heavy (non-hydrogen) atoms. The molecule has 1 aliphatic carbocycles. The molecule has 4 N–H and O–H groups in total. The molecule has 110 valence electrons. The van der Waals surface area contributed by atoms with Crippen LogP contribution in [0.4, 0.5) is 4.79 Å². The SMILES string of the molecule is CC(NC(=O)NC1CCCC(C(=O)O)C1)c1ncn[nH]1. The molecule has 2 amide bonds. The number of carboxylic acid groups (broad SMARTS) is 1. The molecule has 3 atom stereocenters. The van der Waals surface area contributed by atoms with Gasteiger partial charge in [0.25, 0.3) is 0 Å². The number of nitrogens with zero attached hydrogens (tertiary/aromatic N) is 2. The fourth-order valence-corrected chi connectivity index (χ4v) is 2.46. The van der Waals surface area contributed by atoms with E-state index in [4.69, 9.17) is 5.11 Å². The molecule has 0 aliphatic heterocycles. The van der Waals surface area contributed by atoms with E-state index in [1.807, 2.05) is 0 Å². The zero-order valence-corrected chi connectivity index (χ0v) is 11.3. The van der Waals surface area contributed by atoms with Crippen LogP contribution >= 0.6 is 0 Å². The number of hydrogen-bond donors (Lipinski definition) is 4. The highest BCUT2D eigenvalue weighted by Gasteiger charge is 2.28. The summed E-state index contributed by atoms with van der Waals surface area (Å²) in [5, 5.41) is 21.0. The van der Waals surface area contributed by atoms with Gasteiger partial charge in [0, 0.05) is 6.04 Å². The van der Waals surface area contributed by atoms with E-state index in [9.17, 15) is 9.59 Å². The molecule has 1 heterocycles. The predicted molar refractivity (Wildman–Crippen MR) is 69.8 cm³/mol. The Morgan fingerprint density at radius 3 is 2.95 bits per heavy atom. The van der Waals surface area contributed by atoms with Crippen LogP contribution in [0.1, 0.15) is 44.5 Å². The standard InChI is InChI=1S/C12H19N5O3/c1-7(10-13-6-14-17-10)15-12(20)16-9-4-2-3-8(5-9)11(18)19/h6-9H,2-5H2,1H3,(H,18,19)(H,13,14,17)(H2,15,16,20). The van der Waals surface area contributed by atoms with Crippen molar-refractivity contribution in [3.05, 3.63) is 12.2 Å². The number of aliphatic carboxylic acids is 1. The number of urea groups is 1. The van der Waals surface area contributed by atoms with Crippen molar-refractivity contribution in [2.45, 2.75) is 44.7 Å². The molecule has 8 heteroatoms. The van der Waals surface area contributed by atoms with E-state index < -0.39 is 5.97 Å². The summed E-state index contributed by atoms with van der Waals surface area (Å²) < 4.78 is 0. The number of hydrogen-bond acceptors (Lipinski definition) is 4. The Hall–Kier alpha value is -2.12. The zero-order valence-electron chi connectivity index (χ0n) is 11.3. The molecule has 2 rings (SSSR count). The highest BCUT2D eigenvalue weighted by atomic mass is 16.4. The molecule has 3 unspecified atom stereocenters. The van der Waals surface area contributed by atoms with E-state index in [2.05, 4.69) is 25.8 Å². The van der Waals surface area contributed by atoms with Crippen molar-refractivity contribution in [2.75, 3.05) is 0 Å². The minimum atomic E-state index is -0.785. The van der Waals surface area contributed by atoms with Gasteiger partial charge in [-0.2, -0.15) is 5.10 Å². The van der Waals surface area contributed by atoms with Crippen LogP contribution in [0.3, 0.4) is 0 Å². The van der Waals surface area contributed by atoms with Crippen LogP contribution in [-0.4, -0.2) is 38.3 Å². The maximum atomic E-state index is 11.9. The van der Waals surface area contributed by atoms with Gasteiger partial charge in [-0.05, 0) is 26.2 Å². The number of carbonyl (C=O) groups excluding carboxylic acids is 1. The monoisotopic (exact) mass is 281 g/mol. The molecule has 0 radical (unpaired) electrons. The first-order chi connectivity index (χ1) is 9.56. The highest BCUT2D eigenvalue weighted by molar-refractivity contribution is 5.75. The number of aromatic nitrogens is 3. The van der Waals surface area contributed by atoms with Crippen molar-refractivity contribution < 1.29 is 14.7 Å². The van der Waals surface area contributed by atoms with E-state index in [-0.39, 0.29) is 24.0 Å². The van der Waals surface area contributed by atoms with Crippen molar-refractivity contribution in [2.24, 2.45) is 5.92 Å². The first kappa shape index (κ1) is 14.3. The summed E-state index contributed by atoms with van der Waals surface area (Å²) in [7, 11) is 0. The van der Waals surface area contributed by atoms with E-state index in [1.165, 1.54) is 6.33 Å². The van der Waals surface area contributed by atoms with E-state index in [0.29, 0.717) is 18.7 Å². The lowest BCUT2D eigenvalue weighted by molar-refractivity contribution is -0.143. The van der Waals surface area contributed by atoms with Crippen molar-refractivity contribution in [3.63, 3.8) is 0 Å². The lowest BCUT2D eigenvalue weighted by Gasteiger charge is -2.27. The first-order valence-corrected chi connectivity index (χ1v) is 6.71. The predicted octanol–water partition coefficient (Wildman–Crippen LogP) is 0.808. The summed E-state index contributed by atoms with van der Waals surface area (Å²) in [5.74, 6) is -0.570. The number of rotatable bonds is 4. The van der Waals surface area contributed by atoms with Crippen LogP contribution in [0, 0.1) is 5.92 Å². The van der Waals surface area contributed by atoms with Crippen LogP contribution in [0.15, 0.2) is 6.33 Å². The molecule has 1 fully saturated rings. The highest BCUT2D eigenvalue weighted by Crippen LogP contribution is 2.24. The molecule has 0 bridgehead atoms. The minimum Gasteiger partial charge on any atom is -0.481 e. The van der Waals surface area contributed by atoms with Gasteiger partial charge in [0.2, 0.25) is 0 Å². The lowest BCUT2D eigenvalue weighted by Crippen LogP contribution is -2.45. The third kappa shape index (κ3) is 3.69. The Labute approximate surface area is 116 Å². The van der Waals surface area contributed by atoms with E-state index in [1.54, 1.807) is 6.92 Å². The topological polar surface area (TPSA) is 120 Å². The number of aromatic amines is 1. The van der Waals surface area contributed by atoms with E-state index in [0.717, 1.165) is 12.8 Å². The third-order valence-electron chi connectivity index (χ3n) is 3.55. The Balaban J connectivity index is 1.80. The number of carbonyl (C=O) groups is 2. The average Bonchev–Trinajstić information content (AvgIpc) is 2.92. The third-order valence-corrected chi connectivity index (χ3v) is 3.55. The van der Waals surface area contributed by atoms with Gasteiger partial charge in [0.15, 0.2) is 0 Å². The average molecular weight is 281 g/mol. The maximum Gasteiger partial charge on any atom is 0.315 e. The van der Waals surface area contributed by atoms with Crippen molar-refractivity contribution in [1.82, 2.24) is 25.8 Å². The number of H-pyrrole nitrogens is 1. The summed E-state index contributed by atoms with van der Waals surface area (Å²) in [6, 6.07) is -0.687. The Kier molecular flexibility index (Phi) is 4.54. The second-order valence-electron chi connectivity index (χ2n) is 5.11. The fraction of sp³-hybridized carbons (Fsp3) is 0.667. The van der Waals surface area contributed by atoms with E-state index >= 15 is 0 Å². The molecular weight excluding hydrogens is 262 g/mol. The molecule has 1 aromatic rings. The zero-order chi connectivity index (χ0) is 14.5. The molecule has 1 aliphatic rings. The largest absolute Gasteiger partial charge is 0.481 e. The quantitative estimate of drug-likeness (QED) is 0.651. The van der Waals surface area contributed by atoms with Gasteiger partial charge in [0.05, 0.1) is 12.0 Å². The molecule has 1 aromatic heterocycles. The summed E-state index contributed by atoms with van der Waals surface area (Å²) >= 11 is 0. The van der Waals surface area contributed by atoms with Crippen LogP contribution in [0.25, 0.3) is 0 Å². The Morgan fingerprint density at radius 2 is 2.30 bits per heavy atom. The molecule has 8 nitrogen and oxygen atoms in total. The van der Waals surface area contributed by atoms with Gasteiger partial charge in [0.1, 0.15) is 12.2 Å². The van der Waals surface area contributed by atoms with Gasteiger partial charge in [-0.25, -0.2) is 9.78 Å². The Morgan fingerprint density at radius 1 is 1.50 bits per heavy atom. The number of carboxylic acids is 1. The van der Waals surface area contributed by atoms with Gasteiger partial charge in [-0.1, -0.05) is 6.42 Å². The molecular formula is C12H19N5O3. The summed E-state index contributed by atoms with van der Waals surface area (Å²) in [6.07, 6.45) is 4.18. The molecule has 0 aromatic carbocycles. The van der Waals surface area contributed by atoms with Crippen LogP contribution in [0.2, 0.25) is 0 Å². The van der Waals surface area contributed by atoms with Crippen LogP contribution in [0.5, 0.6) is 0 Å². The summed E-state index contributed by atoms with van der Waals surface area (Å²) in [5.41, 5.74) is 0.